The lowest BCUT2D eigenvalue weighted by molar-refractivity contribution is 0.279. The van der Waals surface area contributed by atoms with Crippen LogP contribution in [0.15, 0.2) is 0 Å². The van der Waals surface area contributed by atoms with Crippen LogP contribution < -0.4 is 0 Å². The zero-order valence-corrected chi connectivity index (χ0v) is 10.4. The molecule has 0 amide bonds. The minimum Gasteiger partial charge on any atom is -0.212 e. The van der Waals surface area contributed by atoms with E-state index in [1.165, 1.54) is 0 Å². The molecule has 0 aromatic carbocycles. The molecule has 0 bridgehead atoms. The van der Waals surface area contributed by atoms with Crippen molar-refractivity contribution in [3.8, 4) is 0 Å². The highest BCUT2D eigenvalue weighted by molar-refractivity contribution is 9.09. The van der Waals surface area contributed by atoms with Crippen LogP contribution in [0.25, 0.3) is 0 Å². The Morgan fingerprint density at radius 3 is 2.69 bits per heavy atom. The molecule has 1 aliphatic heterocycles. The Hall–Kier alpha value is 0.390. The van der Waals surface area contributed by atoms with E-state index < -0.39 is 10.0 Å². The van der Waals surface area contributed by atoms with E-state index in [0.717, 1.165) is 12.8 Å². The molecule has 0 saturated carbocycles. The van der Waals surface area contributed by atoms with Gasteiger partial charge in [-0.1, -0.05) is 15.9 Å². The maximum absolute atomic E-state index is 11.6. The summed E-state index contributed by atoms with van der Waals surface area (Å²) >= 11 is 3.51. The fourth-order valence-corrected chi connectivity index (χ4v) is 3.78. The molecule has 2 atom stereocenters. The average molecular weight is 270 g/mol. The Balaban J connectivity index is 2.80. The highest BCUT2D eigenvalue weighted by Crippen LogP contribution is 2.25. The molecule has 0 N–H and O–H groups in total. The van der Waals surface area contributed by atoms with Gasteiger partial charge in [0.15, 0.2) is 0 Å². The number of rotatable bonds is 2. The lowest BCUT2D eigenvalue weighted by Gasteiger charge is -2.35. The Morgan fingerprint density at radius 2 is 2.15 bits per heavy atom. The van der Waals surface area contributed by atoms with Crippen molar-refractivity contribution in [3.05, 3.63) is 0 Å². The lowest BCUT2D eigenvalue weighted by Crippen LogP contribution is -2.47. The van der Waals surface area contributed by atoms with Crippen LogP contribution in [-0.2, 0) is 10.0 Å². The standard InChI is InChI=1S/C8H16BrNO2S/c1-3-13(11,12)10-6-4-5-8(9)7(10)2/h7-8H,3-6H2,1-2H3. The van der Waals surface area contributed by atoms with E-state index in [1.54, 1.807) is 11.2 Å². The molecular formula is C8H16BrNO2S. The maximum Gasteiger partial charge on any atom is 0.214 e. The van der Waals surface area contributed by atoms with Crippen molar-refractivity contribution in [3.63, 3.8) is 0 Å². The van der Waals surface area contributed by atoms with Crippen molar-refractivity contribution in [2.75, 3.05) is 12.3 Å². The molecule has 13 heavy (non-hydrogen) atoms. The van der Waals surface area contributed by atoms with Gasteiger partial charge in [0.25, 0.3) is 0 Å². The first-order chi connectivity index (χ1) is 5.99. The highest BCUT2D eigenvalue weighted by atomic mass is 79.9. The first-order valence-electron chi connectivity index (χ1n) is 4.62. The predicted octanol–water partition coefficient (Wildman–Crippen LogP) is 1.58. The van der Waals surface area contributed by atoms with E-state index in [9.17, 15) is 8.42 Å². The van der Waals surface area contributed by atoms with E-state index in [2.05, 4.69) is 15.9 Å². The molecule has 78 valence electrons. The third-order valence-corrected chi connectivity index (χ3v) is 5.74. The van der Waals surface area contributed by atoms with E-state index in [4.69, 9.17) is 0 Å². The fraction of sp³-hybridized carbons (Fsp3) is 1.00. The first-order valence-corrected chi connectivity index (χ1v) is 7.15. The minimum absolute atomic E-state index is 0.0960. The summed E-state index contributed by atoms with van der Waals surface area (Å²) in [5.41, 5.74) is 0. The Labute approximate surface area is 88.7 Å². The van der Waals surface area contributed by atoms with E-state index in [1.807, 2.05) is 6.92 Å². The second-order valence-electron chi connectivity index (χ2n) is 3.41. The molecule has 2 unspecified atom stereocenters. The molecule has 1 fully saturated rings. The molecule has 0 aromatic rings. The summed E-state index contributed by atoms with van der Waals surface area (Å²) in [4.78, 5) is 0.308. The summed E-state index contributed by atoms with van der Waals surface area (Å²) in [6.45, 7) is 4.34. The van der Waals surface area contributed by atoms with Crippen LogP contribution in [0.2, 0.25) is 0 Å². The number of hydrogen-bond donors (Lipinski definition) is 0. The first kappa shape index (κ1) is 11.5. The van der Waals surface area contributed by atoms with Crippen LogP contribution in [0.4, 0.5) is 0 Å². The third-order valence-electron chi connectivity index (χ3n) is 2.56. The third kappa shape index (κ3) is 2.44. The van der Waals surface area contributed by atoms with Crippen LogP contribution in [0.3, 0.4) is 0 Å². The van der Waals surface area contributed by atoms with Crippen LogP contribution in [-0.4, -0.2) is 35.9 Å². The summed E-state index contributed by atoms with van der Waals surface area (Å²) in [6, 6.07) is 0.0960. The molecule has 0 radical (unpaired) electrons. The Bertz CT molecular complexity index is 265. The van der Waals surface area contributed by atoms with Gasteiger partial charge in [-0.3, -0.25) is 0 Å². The SMILES string of the molecule is CCS(=O)(=O)N1CCCC(Br)C1C. The smallest absolute Gasteiger partial charge is 0.212 e. The van der Waals surface area contributed by atoms with Crippen molar-refractivity contribution in [1.29, 1.82) is 0 Å². The number of alkyl halides is 1. The molecule has 1 rings (SSSR count). The van der Waals surface area contributed by atoms with Crippen molar-refractivity contribution in [2.24, 2.45) is 0 Å². The number of sulfonamides is 1. The zero-order valence-electron chi connectivity index (χ0n) is 8.03. The van der Waals surface area contributed by atoms with Gasteiger partial charge in [-0.2, -0.15) is 4.31 Å². The second kappa shape index (κ2) is 4.28. The fourth-order valence-electron chi connectivity index (χ4n) is 1.63. The summed E-state index contributed by atoms with van der Waals surface area (Å²) in [6.07, 6.45) is 2.02. The lowest BCUT2D eigenvalue weighted by atomic mass is 10.1. The van der Waals surface area contributed by atoms with Gasteiger partial charge in [0.1, 0.15) is 0 Å². The van der Waals surface area contributed by atoms with Gasteiger partial charge in [0.2, 0.25) is 10.0 Å². The maximum atomic E-state index is 11.6. The van der Waals surface area contributed by atoms with Gasteiger partial charge >= 0.3 is 0 Å². The van der Waals surface area contributed by atoms with Crippen LogP contribution in [0.1, 0.15) is 26.7 Å². The summed E-state index contributed by atoms with van der Waals surface area (Å²) in [5, 5.41) is 0. The van der Waals surface area contributed by atoms with Crippen molar-refractivity contribution in [2.45, 2.75) is 37.6 Å². The topological polar surface area (TPSA) is 37.4 Å². The summed E-state index contributed by atoms with van der Waals surface area (Å²) < 4.78 is 24.9. The van der Waals surface area contributed by atoms with Gasteiger partial charge in [-0.25, -0.2) is 8.42 Å². The monoisotopic (exact) mass is 269 g/mol. The quantitative estimate of drug-likeness (QED) is 0.714. The molecule has 3 nitrogen and oxygen atoms in total. The van der Waals surface area contributed by atoms with Gasteiger partial charge in [-0.05, 0) is 26.7 Å². The summed E-state index contributed by atoms with van der Waals surface area (Å²) in [7, 11) is -3.00. The van der Waals surface area contributed by atoms with E-state index in [0.29, 0.717) is 11.4 Å². The Kier molecular flexibility index (Phi) is 3.77. The zero-order chi connectivity index (χ0) is 10.1. The molecule has 5 heteroatoms. The van der Waals surface area contributed by atoms with Crippen LogP contribution in [0, 0.1) is 0 Å². The van der Waals surface area contributed by atoms with Crippen molar-refractivity contribution < 1.29 is 8.42 Å². The molecule has 1 saturated heterocycles. The number of piperidine rings is 1. The summed E-state index contributed by atoms with van der Waals surface area (Å²) in [5.74, 6) is 0.205. The minimum atomic E-state index is -3.00. The van der Waals surface area contributed by atoms with Crippen LogP contribution >= 0.6 is 15.9 Å². The molecule has 0 aromatic heterocycles. The number of nitrogens with zero attached hydrogens (tertiary/aromatic N) is 1. The second-order valence-corrected chi connectivity index (χ2v) is 6.80. The molecular weight excluding hydrogens is 254 g/mol. The number of hydrogen-bond acceptors (Lipinski definition) is 2. The molecule has 0 aliphatic carbocycles. The van der Waals surface area contributed by atoms with E-state index in [-0.39, 0.29) is 11.8 Å². The average Bonchev–Trinajstić information content (AvgIpc) is 2.09. The van der Waals surface area contributed by atoms with Gasteiger partial charge in [0, 0.05) is 17.4 Å². The van der Waals surface area contributed by atoms with E-state index >= 15 is 0 Å². The van der Waals surface area contributed by atoms with Gasteiger partial charge in [-0.15, -0.1) is 0 Å². The van der Waals surface area contributed by atoms with Crippen molar-refractivity contribution in [1.82, 2.24) is 4.31 Å². The molecule has 1 aliphatic rings. The molecule has 1 heterocycles. The highest BCUT2D eigenvalue weighted by Gasteiger charge is 2.32. The van der Waals surface area contributed by atoms with Gasteiger partial charge in [0.05, 0.1) is 5.75 Å². The predicted molar refractivity (Wildman–Crippen MR) is 57.6 cm³/mol. The van der Waals surface area contributed by atoms with Crippen LogP contribution in [0.5, 0.6) is 0 Å². The normalized spacial score (nSPS) is 31.9. The van der Waals surface area contributed by atoms with Gasteiger partial charge < -0.3 is 0 Å². The van der Waals surface area contributed by atoms with Crippen molar-refractivity contribution >= 4 is 26.0 Å². The Morgan fingerprint density at radius 1 is 1.54 bits per heavy atom. The number of halogens is 1. The largest absolute Gasteiger partial charge is 0.214 e. The molecule has 0 spiro atoms.